The van der Waals surface area contributed by atoms with Gasteiger partial charge in [0.25, 0.3) is 0 Å². The van der Waals surface area contributed by atoms with Gasteiger partial charge in [-0.1, -0.05) is 18.2 Å². The average Bonchev–Trinajstić information content (AvgIpc) is 2.34. The molecule has 2 heterocycles. The summed E-state index contributed by atoms with van der Waals surface area (Å²) in [5.74, 6) is 1.57. The Balaban J connectivity index is 1.64. The summed E-state index contributed by atoms with van der Waals surface area (Å²) in [4.78, 5) is 11.9. The van der Waals surface area contributed by atoms with E-state index < -0.39 is 0 Å². The van der Waals surface area contributed by atoms with Gasteiger partial charge in [-0.15, -0.1) is 0 Å². The second-order valence-corrected chi connectivity index (χ2v) is 5.02. The lowest BCUT2D eigenvalue weighted by molar-refractivity contribution is -0.123. The molecule has 1 atom stereocenters. The van der Waals surface area contributed by atoms with Gasteiger partial charge in [0, 0.05) is 18.4 Å². The Morgan fingerprint density at radius 1 is 1.39 bits per heavy atom. The smallest absolute Gasteiger partial charge is 0.220 e. The van der Waals surface area contributed by atoms with Crippen molar-refractivity contribution in [3.8, 4) is 5.75 Å². The molecule has 0 aromatic heterocycles. The van der Waals surface area contributed by atoms with Crippen LogP contribution < -0.4 is 15.4 Å². The Morgan fingerprint density at radius 3 is 3.00 bits per heavy atom. The van der Waals surface area contributed by atoms with Gasteiger partial charge in [0.05, 0.1) is 12.6 Å². The van der Waals surface area contributed by atoms with Crippen LogP contribution in [0.1, 0.15) is 24.4 Å². The third-order valence-electron chi connectivity index (χ3n) is 3.63. The zero-order valence-corrected chi connectivity index (χ0v) is 10.3. The van der Waals surface area contributed by atoms with Gasteiger partial charge in [0.1, 0.15) is 5.75 Å². The highest BCUT2D eigenvalue weighted by molar-refractivity contribution is 5.77. The molecular weight excluding hydrogens is 228 g/mol. The molecule has 0 spiro atoms. The monoisotopic (exact) mass is 246 g/mol. The molecule has 2 aliphatic rings. The van der Waals surface area contributed by atoms with E-state index in [1.807, 2.05) is 24.3 Å². The van der Waals surface area contributed by atoms with Crippen LogP contribution in [0, 0.1) is 5.92 Å². The van der Waals surface area contributed by atoms with Crippen LogP contribution >= 0.6 is 0 Å². The summed E-state index contributed by atoms with van der Waals surface area (Å²) in [5, 5.41) is 6.31. The zero-order valence-electron chi connectivity index (χ0n) is 10.3. The maximum atomic E-state index is 11.9. The quantitative estimate of drug-likeness (QED) is 0.843. The molecule has 1 aromatic carbocycles. The molecule has 18 heavy (non-hydrogen) atoms. The van der Waals surface area contributed by atoms with Gasteiger partial charge < -0.3 is 15.4 Å². The van der Waals surface area contributed by atoms with Crippen molar-refractivity contribution in [3.63, 3.8) is 0 Å². The van der Waals surface area contributed by atoms with Crippen molar-refractivity contribution in [1.82, 2.24) is 10.6 Å². The Morgan fingerprint density at radius 2 is 2.22 bits per heavy atom. The Hall–Kier alpha value is -1.55. The van der Waals surface area contributed by atoms with Gasteiger partial charge in [0.15, 0.2) is 0 Å². The Labute approximate surface area is 107 Å². The van der Waals surface area contributed by atoms with E-state index in [9.17, 15) is 4.79 Å². The number of hydrogen-bond acceptors (Lipinski definition) is 3. The van der Waals surface area contributed by atoms with Gasteiger partial charge >= 0.3 is 0 Å². The SMILES string of the molecule is O=C(CC1CNC1)NC1CCOc2ccccc21. The molecule has 0 saturated carbocycles. The number of para-hydroxylation sites is 1. The highest BCUT2D eigenvalue weighted by atomic mass is 16.5. The van der Waals surface area contributed by atoms with Crippen molar-refractivity contribution in [2.75, 3.05) is 19.7 Å². The number of carbonyl (C=O) groups excluding carboxylic acids is 1. The van der Waals surface area contributed by atoms with Crippen molar-refractivity contribution in [3.05, 3.63) is 29.8 Å². The summed E-state index contributed by atoms with van der Waals surface area (Å²) in [7, 11) is 0. The first kappa shape index (κ1) is 11.5. The third kappa shape index (κ3) is 2.34. The summed E-state index contributed by atoms with van der Waals surface area (Å²) in [5.41, 5.74) is 1.10. The maximum absolute atomic E-state index is 11.9. The number of carbonyl (C=O) groups is 1. The van der Waals surface area contributed by atoms with Crippen LogP contribution in [-0.4, -0.2) is 25.6 Å². The zero-order chi connectivity index (χ0) is 12.4. The molecular formula is C14H18N2O2. The second-order valence-electron chi connectivity index (χ2n) is 5.02. The van der Waals surface area contributed by atoms with E-state index in [2.05, 4.69) is 10.6 Å². The Kier molecular flexibility index (Phi) is 3.19. The predicted molar refractivity (Wildman–Crippen MR) is 68.4 cm³/mol. The molecule has 0 aliphatic carbocycles. The van der Waals surface area contributed by atoms with Gasteiger partial charge in [-0.2, -0.15) is 0 Å². The summed E-state index contributed by atoms with van der Waals surface area (Å²) in [6.45, 7) is 2.61. The number of amides is 1. The lowest BCUT2D eigenvalue weighted by Crippen LogP contribution is -2.45. The minimum absolute atomic E-state index is 0.107. The second kappa shape index (κ2) is 4.98. The molecule has 3 rings (SSSR count). The summed E-state index contributed by atoms with van der Waals surface area (Å²) >= 11 is 0. The van der Waals surface area contributed by atoms with E-state index in [1.165, 1.54) is 0 Å². The fourth-order valence-electron chi connectivity index (χ4n) is 2.50. The molecule has 1 unspecified atom stereocenters. The highest BCUT2D eigenvalue weighted by Gasteiger charge is 2.25. The van der Waals surface area contributed by atoms with Crippen LogP contribution in [0.4, 0.5) is 0 Å². The first-order valence-electron chi connectivity index (χ1n) is 6.55. The molecule has 1 saturated heterocycles. The van der Waals surface area contributed by atoms with E-state index in [0.29, 0.717) is 18.9 Å². The van der Waals surface area contributed by atoms with Crippen molar-refractivity contribution in [2.24, 2.45) is 5.92 Å². The highest BCUT2D eigenvalue weighted by Crippen LogP contribution is 2.31. The summed E-state index contributed by atoms with van der Waals surface area (Å²) in [6.07, 6.45) is 1.48. The fraction of sp³-hybridized carbons (Fsp3) is 0.500. The van der Waals surface area contributed by atoms with Crippen molar-refractivity contribution < 1.29 is 9.53 Å². The van der Waals surface area contributed by atoms with Crippen molar-refractivity contribution in [2.45, 2.75) is 18.9 Å². The van der Waals surface area contributed by atoms with Crippen LogP contribution in [0.5, 0.6) is 5.75 Å². The number of hydrogen-bond donors (Lipinski definition) is 2. The minimum Gasteiger partial charge on any atom is -0.493 e. The van der Waals surface area contributed by atoms with Crippen molar-refractivity contribution in [1.29, 1.82) is 0 Å². The summed E-state index contributed by atoms with van der Waals surface area (Å²) < 4.78 is 5.59. The number of ether oxygens (including phenoxy) is 1. The summed E-state index contributed by atoms with van der Waals surface area (Å²) in [6, 6.07) is 8.05. The van der Waals surface area contributed by atoms with Crippen LogP contribution in [-0.2, 0) is 4.79 Å². The van der Waals surface area contributed by atoms with Crippen molar-refractivity contribution >= 4 is 5.91 Å². The maximum Gasteiger partial charge on any atom is 0.220 e. The first-order valence-corrected chi connectivity index (χ1v) is 6.55. The molecule has 96 valence electrons. The lowest BCUT2D eigenvalue weighted by Gasteiger charge is -2.29. The molecule has 1 amide bonds. The number of benzene rings is 1. The topological polar surface area (TPSA) is 50.4 Å². The standard InChI is InChI=1S/C14H18N2O2/c17-14(7-10-8-15-9-10)16-12-5-6-18-13-4-2-1-3-11(12)13/h1-4,10,12,15H,5-9H2,(H,16,17). The van der Waals surface area contributed by atoms with Gasteiger partial charge in [-0.05, 0) is 25.1 Å². The molecule has 0 bridgehead atoms. The van der Waals surface area contributed by atoms with E-state index in [4.69, 9.17) is 4.74 Å². The lowest BCUT2D eigenvalue weighted by atomic mass is 9.97. The van der Waals surface area contributed by atoms with Crippen LogP contribution in [0.3, 0.4) is 0 Å². The van der Waals surface area contributed by atoms with E-state index in [-0.39, 0.29) is 11.9 Å². The molecule has 4 heteroatoms. The number of rotatable bonds is 3. The third-order valence-corrected chi connectivity index (χ3v) is 3.63. The number of fused-ring (bicyclic) bond motifs is 1. The fourth-order valence-corrected chi connectivity index (χ4v) is 2.50. The molecule has 1 aromatic rings. The number of nitrogens with one attached hydrogen (secondary N) is 2. The largest absolute Gasteiger partial charge is 0.493 e. The molecule has 2 N–H and O–H groups in total. The van der Waals surface area contributed by atoms with Crippen LogP contribution in [0.15, 0.2) is 24.3 Å². The minimum atomic E-state index is 0.107. The van der Waals surface area contributed by atoms with Gasteiger partial charge in [0.2, 0.25) is 5.91 Å². The predicted octanol–water partition coefficient (Wildman–Crippen LogP) is 1.24. The Bertz CT molecular complexity index is 443. The van der Waals surface area contributed by atoms with Gasteiger partial charge in [-0.25, -0.2) is 0 Å². The van der Waals surface area contributed by atoms with E-state index >= 15 is 0 Å². The van der Waals surface area contributed by atoms with E-state index in [0.717, 1.165) is 30.8 Å². The molecule has 1 fully saturated rings. The van der Waals surface area contributed by atoms with E-state index in [1.54, 1.807) is 0 Å². The first-order chi connectivity index (χ1) is 8.83. The molecule has 0 radical (unpaired) electrons. The normalized spacial score (nSPS) is 22.6. The van der Waals surface area contributed by atoms with Gasteiger partial charge in [-0.3, -0.25) is 4.79 Å². The van der Waals surface area contributed by atoms with Crippen LogP contribution in [0.25, 0.3) is 0 Å². The molecule has 4 nitrogen and oxygen atoms in total. The average molecular weight is 246 g/mol. The molecule has 2 aliphatic heterocycles. The van der Waals surface area contributed by atoms with Crippen LogP contribution in [0.2, 0.25) is 0 Å².